The Balaban J connectivity index is 1.89. The second-order valence-corrected chi connectivity index (χ2v) is 6.70. The van der Waals surface area contributed by atoms with Gasteiger partial charge in [0.1, 0.15) is 6.54 Å². The highest BCUT2D eigenvalue weighted by Crippen LogP contribution is 2.27. The monoisotopic (exact) mass is 334 g/mol. The summed E-state index contributed by atoms with van der Waals surface area (Å²) in [5.74, 6) is -0.711. The molecule has 2 amide bonds. The van der Waals surface area contributed by atoms with Crippen LogP contribution in [-0.4, -0.2) is 54.0 Å². The number of carbonyl (C=O) groups is 2. The van der Waals surface area contributed by atoms with E-state index in [1.807, 2.05) is 0 Å². The summed E-state index contributed by atoms with van der Waals surface area (Å²) in [6, 6.07) is 0. The predicted molar refractivity (Wildman–Crippen MR) is 79.6 cm³/mol. The highest BCUT2D eigenvalue weighted by atomic mass is 19.4. The van der Waals surface area contributed by atoms with Crippen molar-refractivity contribution < 1.29 is 22.8 Å². The fourth-order valence-corrected chi connectivity index (χ4v) is 3.65. The number of hydrogen-bond donors (Lipinski definition) is 0. The normalized spacial score (nSPS) is 26.5. The first-order valence-corrected chi connectivity index (χ1v) is 8.43. The molecule has 2 heterocycles. The molecule has 2 aliphatic heterocycles. The second-order valence-electron chi connectivity index (χ2n) is 6.70. The summed E-state index contributed by atoms with van der Waals surface area (Å²) >= 11 is 0. The van der Waals surface area contributed by atoms with Crippen LogP contribution in [0.4, 0.5) is 13.2 Å². The lowest BCUT2D eigenvalue weighted by atomic mass is 9.96. The van der Waals surface area contributed by atoms with Gasteiger partial charge in [0, 0.05) is 26.1 Å². The molecule has 4 nitrogen and oxygen atoms in total. The van der Waals surface area contributed by atoms with Crippen LogP contribution in [0.5, 0.6) is 0 Å². The van der Waals surface area contributed by atoms with Crippen molar-refractivity contribution in [3.8, 4) is 0 Å². The number of rotatable bonds is 4. The highest BCUT2D eigenvalue weighted by molar-refractivity contribution is 5.89. The van der Waals surface area contributed by atoms with Crippen molar-refractivity contribution in [1.29, 1.82) is 0 Å². The summed E-state index contributed by atoms with van der Waals surface area (Å²) in [7, 11) is 0. The van der Waals surface area contributed by atoms with E-state index in [2.05, 4.69) is 6.92 Å². The Labute approximate surface area is 135 Å². The molecule has 132 valence electrons. The molecule has 2 saturated heterocycles. The number of halogens is 3. The number of likely N-dealkylation sites (tertiary alicyclic amines) is 2. The third-order valence-corrected chi connectivity index (χ3v) is 4.79. The van der Waals surface area contributed by atoms with Crippen molar-refractivity contribution in [1.82, 2.24) is 9.80 Å². The highest BCUT2D eigenvalue weighted by Gasteiger charge is 2.41. The SMILES string of the molecule is CCC[C@H]1CCCN(C(=O)[C@H]2CC(=O)N(CC(F)(F)F)C2)CC1. The standard InChI is InChI=1S/C16H25F3N2O2/c1-2-4-12-5-3-7-20(8-6-12)15(23)13-9-14(22)21(10-13)11-16(17,18)19/h12-13H,2-11H2,1H3/t12-,13-/m0/s1. The molecule has 0 aromatic rings. The van der Waals surface area contributed by atoms with E-state index in [9.17, 15) is 22.8 Å². The van der Waals surface area contributed by atoms with E-state index >= 15 is 0 Å². The van der Waals surface area contributed by atoms with E-state index in [0.717, 1.165) is 37.0 Å². The minimum atomic E-state index is -4.41. The van der Waals surface area contributed by atoms with Gasteiger partial charge >= 0.3 is 6.18 Å². The fourth-order valence-electron chi connectivity index (χ4n) is 3.65. The first kappa shape index (κ1) is 18.1. The first-order chi connectivity index (χ1) is 10.8. The second kappa shape index (κ2) is 7.53. The average molecular weight is 334 g/mol. The molecule has 2 atom stereocenters. The third kappa shape index (κ3) is 5.11. The molecule has 0 radical (unpaired) electrons. The first-order valence-electron chi connectivity index (χ1n) is 8.43. The Bertz CT molecular complexity index is 440. The molecule has 0 aromatic heterocycles. The Morgan fingerprint density at radius 1 is 1.26 bits per heavy atom. The lowest BCUT2D eigenvalue weighted by Crippen LogP contribution is -2.39. The summed E-state index contributed by atoms with van der Waals surface area (Å²) in [6.45, 7) is 2.10. The minimum Gasteiger partial charge on any atom is -0.342 e. The molecule has 0 bridgehead atoms. The van der Waals surface area contributed by atoms with Gasteiger partial charge in [-0.2, -0.15) is 13.2 Å². The van der Waals surface area contributed by atoms with Crippen LogP contribution in [-0.2, 0) is 9.59 Å². The molecule has 7 heteroatoms. The van der Waals surface area contributed by atoms with Gasteiger partial charge in [-0.15, -0.1) is 0 Å². The van der Waals surface area contributed by atoms with E-state index in [-0.39, 0.29) is 18.9 Å². The van der Waals surface area contributed by atoms with Gasteiger partial charge in [-0.05, 0) is 25.2 Å². The van der Waals surface area contributed by atoms with Crippen LogP contribution >= 0.6 is 0 Å². The average Bonchev–Trinajstić information content (AvgIpc) is 2.68. The third-order valence-electron chi connectivity index (χ3n) is 4.79. The zero-order chi connectivity index (χ0) is 17.0. The minimum absolute atomic E-state index is 0.0935. The van der Waals surface area contributed by atoms with E-state index in [0.29, 0.717) is 19.0 Å². The van der Waals surface area contributed by atoms with Gasteiger partial charge in [-0.1, -0.05) is 19.8 Å². The number of nitrogens with zero attached hydrogens (tertiary/aromatic N) is 2. The fraction of sp³-hybridized carbons (Fsp3) is 0.875. The Hall–Kier alpha value is -1.27. The van der Waals surface area contributed by atoms with Crippen molar-refractivity contribution in [2.24, 2.45) is 11.8 Å². The number of carbonyl (C=O) groups excluding carboxylic acids is 2. The molecule has 0 aliphatic carbocycles. The van der Waals surface area contributed by atoms with Crippen LogP contribution in [0, 0.1) is 11.8 Å². The summed E-state index contributed by atoms with van der Waals surface area (Å²) in [4.78, 5) is 26.8. The largest absolute Gasteiger partial charge is 0.406 e. The van der Waals surface area contributed by atoms with Crippen molar-refractivity contribution >= 4 is 11.8 Å². The molecule has 2 rings (SSSR count). The van der Waals surface area contributed by atoms with E-state index in [4.69, 9.17) is 0 Å². The summed E-state index contributed by atoms with van der Waals surface area (Å²) < 4.78 is 37.3. The number of amides is 2. The summed E-state index contributed by atoms with van der Waals surface area (Å²) in [5, 5.41) is 0. The van der Waals surface area contributed by atoms with E-state index in [1.54, 1.807) is 4.90 Å². The maximum absolute atomic E-state index is 12.5. The number of hydrogen-bond acceptors (Lipinski definition) is 2. The maximum atomic E-state index is 12.5. The molecule has 0 saturated carbocycles. The smallest absolute Gasteiger partial charge is 0.342 e. The Kier molecular flexibility index (Phi) is 5.92. The molecule has 0 aromatic carbocycles. The maximum Gasteiger partial charge on any atom is 0.406 e. The van der Waals surface area contributed by atoms with Gasteiger partial charge in [0.15, 0.2) is 0 Å². The van der Waals surface area contributed by atoms with Gasteiger partial charge in [0.05, 0.1) is 5.92 Å². The topological polar surface area (TPSA) is 40.6 Å². The zero-order valence-corrected chi connectivity index (χ0v) is 13.6. The van der Waals surface area contributed by atoms with Gasteiger partial charge in [0.2, 0.25) is 11.8 Å². The van der Waals surface area contributed by atoms with Crippen LogP contribution in [0.15, 0.2) is 0 Å². The molecule has 2 fully saturated rings. The van der Waals surface area contributed by atoms with E-state index < -0.39 is 24.5 Å². The van der Waals surface area contributed by atoms with Crippen LogP contribution in [0.25, 0.3) is 0 Å². The molecule has 0 N–H and O–H groups in total. The Morgan fingerprint density at radius 2 is 2.00 bits per heavy atom. The quantitative estimate of drug-likeness (QED) is 0.793. The van der Waals surface area contributed by atoms with Crippen molar-refractivity contribution in [3.63, 3.8) is 0 Å². The van der Waals surface area contributed by atoms with Crippen LogP contribution < -0.4 is 0 Å². The Morgan fingerprint density at radius 3 is 2.65 bits per heavy atom. The molecule has 0 spiro atoms. The van der Waals surface area contributed by atoms with Gasteiger partial charge in [0.25, 0.3) is 0 Å². The van der Waals surface area contributed by atoms with Gasteiger partial charge < -0.3 is 9.80 Å². The van der Waals surface area contributed by atoms with Gasteiger partial charge in [-0.3, -0.25) is 9.59 Å². The molecule has 23 heavy (non-hydrogen) atoms. The molecule has 2 aliphatic rings. The lowest BCUT2D eigenvalue weighted by Gasteiger charge is -2.24. The van der Waals surface area contributed by atoms with Crippen molar-refractivity contribution in [3.05, 3.63) is 0 Å². The van der Waals surface area contributed by atoms with Gasteiger partial charge in [-0.25, -0.2) is 0 Å². The molecule has 0 unspecified atom stereocenters. The lowest BCUT2D eigenvalue weighted by molar-refractivity contribution is -0.157. The zero-order valence-electron chi connectivity index (χ0n) is 13.6. The van der Waals surface area contributed by atoms with Crippen molar-refractivity contribution in [2.45, 2.75) is 51.6 Å². The molecular formula is C16H25F3N2O2. The number of alkyl halides is 3. The van der Waals surface area contributed by atoms with Crippen LogP contribution in [0.2, 0.25) is 0 Å². The molecular weight excluding hydrogens is 309 g/mol. The van der Waals surface area contributed by atoms with Crippen LogP contribution in [0.3, 0.4) is 0 Å². The predicted octanol–water partition coefficient (Wildman–Crippen LogP) is 2.83. The van der Waals surface area contributed by atoms with Crippen LogP contribution in [0.1, 0.15) is 45.4 Å². The van der Waals surface area contributed by atoms with E-state index in [1.165, 1.54) is 0 Å². The summed E-state index contributed by atoms with van der Waals surface area (Å²) in [6.07, 6.45) is 0.760. The summed E-state index contributed by atoms with van der Waals surface area (Å²) in [5.41, 5.74) is 0. The van der Waals surface area contributed by atoms with Crippen molar-refractivity contribution in [2.75, 3.05) is 26.2 Å².